The molecule has 1 N–H and O–H groups in total. The quantitative estimate of drug-likeness (QED) is 0.653. The van der Waals surface area contributed by atoms with Gasteiger partial charge in [-0.2, -0.15) is 0 Å². The number of ether oxygens (including phenoxy) is 1. The Morgan fingerprint density at radius 3 is 2.29 bits per heavy atom. The summed E-state index contributed by atoms with van der Waals surface area (Å²) >= 11 is 0. The Hall–Kier alpha value is -0.770. The molecule has 14 heavy (non-hydrogen) atoms. The molecule has 1 fully saturated rings. The zero-order valence-corrected chi connectivity index (χ0v) is 9.50. The molecule has 1 aliphatic heterocycles. The molecule has 1 unspecified atom stereocenters. The van der Waals surface area contributed by atoms with Crippen LogP contribution in [0.1, 0.15) is 34.6 Å². The summed E-state index contributed by atoms with van der Waals surface area (Å²) in [7, 11) is 0. The highest BCUT2D eigenvalue weighted by molar-refractivity contribution is 5.66. The molecular formula is C10H19NO3. The van der Waals surface area contributed by atoms with E-state index in [2.05, 4.69) is 0 Å². The monoisotopic (exact) mass is 201 g/mol. The van der Waals surface area contributed by atoms with Crippen LogP contribution >= 0.6 is 0 Å². The summed E-state index contributed by atoms with van der Waals surface area (Å²) in [5.41, 5.74) is -0.796. The van der Waals surface area contributed by atoms with Crippen molar-refractivity contribution in [2.45, 2.75) is 46.4 Å². The van der Waals surface area contributed by atoms with Gasteiger partial charge in [-0.15, -0.1) is 0 Å². The molecule has 0 radical (unpaired) electrons. The third kappa shape index (κ3) is 1.85. The standard InChI is InChI=1S/C10H19NO3/c1-9(2,3)7-6-14-10(4,5)11(7)8(12)13/h7H,6H2,1-5H3,(H,12,13). The lowest BCUT2D eigenvalue weighted by molar-refractivity contribution is -0.0451. The fourth-order valence-corrected chi connectivity index (χ4v) is 1.80. The van der Waals surface area contributed by atoms with E-state index in [1.54, 1.807) is 13.8 Å². The highest BCUT2D eigenvalue weighted by Crippen LogP contribution is 2.36. The van der Waals surface area contributed by atoms with Crippen LogP contribution in [0.3, 0.4) is 0 Å². The average molecular weight is 201 g/mol. The Kier molecular flexibility index (Phi) is 2.52. The number of amides is 1. The maximum atomic E-state index is 11.1. The molecule has 0 saturated carbocycles. The van der Waals surface area contributed by atoms with Crippen molar-refractivity contribution in [3.63, 3.8) is 0 Å². The van der Waals surface area contributed by atoms with E-state index in [-0.39, 0.29) is 11.5 Å². The van der Waals surface area contributed by atoms with Crippen molar-refractivity contribution in [1.29, 1.82) is 0 Å². The SMILES string of the molecule is CC(C)(C)C1COC(C)(C)N1C(=O)O. The van der Waals surface area contributed by atoms with Crippen LogP contribution in [0.25, 0.3) is 0 Å². The summed E-state index contributed by atoms with van der Waals surface area (Å²) in [6.45, 7) is 10.1. The lowest BCUT2D eigenvalue weighted by Crippen LogP contribution is -2.51. The zero-order valence-electron chi connectivity index (χ0n) is 9.50. The molecule has 82 valence electrons. The van der Waals surface area contributed by atoms with Crippen molar-refractivity contribution in [3.05, 3.63) is 0 Å². The highest BCUT2D eigenvalue weighted by Gasteiger charge is 2.48. The van der Waals surface area contributed by atoms with Crippen molar-refractivity contribution < 1.29 is 14.6 Å². The second-order valence-electron chi connectivity index (χ2n) is 5.29. The molecule has 1 atom stereocenters. The summed E-state index contributed by atoms with van der Waals surface area (Å²) in [4.78, 5) is 12.5. The molecule has 1 rings (SSSR count). The number of nitrogens with zero attached hydrogens (tertiary/aromatic N) is 1. The van der Waals surface area contributed by atoms with E-state index in [4.69, 9.17) is 9.84 Å². The Labute approximate surface area is 84.8 Å². The van der Waals surface area contributed by atoms with Crippen LogP contribution in [0.4, 0.5) is 4.79 Å². The van der Waals surface area contributed by atoms with Crippen LogP contribution in [0, 0.1) is 5.41 Å². The van der Waals surface area contributed by atoms with Crippen molar-refractivity contribution >= 4 is 6.09 Å². The molecule has 0 aromatic carbocycles. The van der Waals surface area contributed by atoms with E-state index in [1.807, 2.05) is 20.8 Å². The first-order valence-electron chi connectivity index (χ1n) is 4.82. The maximum absolute atomic E-state index is 11.1. The molecule has 1 heterocycles. The predicted molar refractivity (Wildman–Crippen MR) is 53.1 cm³/mol. The van der Waals surface area contributed by atoms with Gasteiger partial charge in [0.2, 0.25) is 0 Å². The van der Waals surface area contributed by atoms with Gasteiger partial charge in [-0.3, -0.25) is 4.90 Å². The lowest BCUT2D eigenvalue weighted by atomic mass is 9.86. The van der Waals surface area contributed by atoms with Crippen molar-refractivity contribution in [2.75, 3.05) is 6.61 Å². The highest BCUT2D eigenvalue weighted by atomic mass is 16.5. The van der Waals surface area contributed by atoms with Crippen LogP contribution in [-0.2, 0) is 4.74 Å². The molecule has 0 aromatic rings. The number of rotatable bonds is 0. The van der Waals surface area contributed by atoms with Gasteiger partial charge in [0.25, 0.3) is 0 Å². The maximum Gasteiger partial charge on any atom is 0.409 e. The van der Waals surface area contributed by atoms with Crippen LogP contribution < -0.4 is 0 Å². The molecule has 4 nitrogen and oxygen atoms in total. The van der Waals surface area contributed by atoms with Gasteiger partial charge in [-0.05, 0) is 19.3 Å². The lowest BCUT2D eigenvalue weighted by Gasteiger charge is -2.36. The molecule has 4 heteroatoms. The second kappa shape index (κ2) is 3.12. The number of carboxylic acid groups (broad SMARTS) is 1. The van der Waals surface area contributed by atoms with Gasteiger partial charge in [0.15, 0.2) is 0 Å². The minimum absolute atomic E-state index is 0.0741. The van der Waals surface area contributed by atoms with Gasteiger partial charge >= 0.3 is 6.09 Å². The zero-order chi connectivity index (χ0) is 11.1. The molecule has 0 aliphatic carbocycles. The molecule has 0 spiro atoms. The molecule has 1 amide bonds. The second-order valence-corrected chi connectivity index (χ2v) is 5.29. The fourth-order valence-electron chi connectivity index (χ4n) is 1.80. The van der Waals surface area contributed by atoms with E-state index in [0.717, 1.165) is 0 Å². The first kappa shape index (κ1) is 11.3. The predicted octanol–water partition coefficient (Wildman–Crippen LogP) is 2.15. The van der Waals surface area contributed by atoms with Crippen LogP contribution in [0.5, 0.6) is 0 Å². The number of carbonyl (C=O) groups is 1. The van der Waals surface area contributed by atoms with E-state index >= 15 is 0 Å². The largest absolute Gasteiger partial charge is 0.465 e. The fraction of sp³-hybridized carbons (Fsp3) is 0.900. The van der Waals surface area contributed by atoms with Gasteiger partial charge in [0, 0.05) is 0 Å². The summed E-state index contributed by atoms with van der Waals surface area (Å²) < 4.78 is 5.50. The first-order chi connectivity index (χ1) is 6.16. The van der Waals surface area contributed by atoms with Crippen LogP contribution in [0.2, 0.25) is 0 Å². The third-order valence-electron chi connectivity index (χ3n) is 2.69. The molecule has 0 bridgehead atoms. The van der Waals surface area contributed by atoms with Gasteiger partial charge in [-0.25, -0.2) is 4.79 Å². The smallest absolute Gasteiger partial charge is 0.409 e. The Morgan fingerprint density at radius 2 is 2.00 bits per heavy atom. The summed E-state index contributed by atoms with van der Waals surface area (Å²) in [5, 5.41) is 9.13. The van der Waals surface area contributed by atoms with Gasteiger partial charge in [0.05, 0.1) is 12.6 Å². The van der Waals surface area contributed by atoms with Crippen molar-refractivity contribution in [2.24, 2.45) is 5.41 Å². The molecule has 1 aliphatic rings. The van der Waals surface area contributed by atoms with Gasteiger partial charge in [0.1, 0.15) is 5.72 Å². The minimum atomic E-state index is -0.910. The topological polar surface area (TPSA) is 49.8 Å². The van der Waals surface area contributed by atoms with Crippen LogP contribution in [-0.4, -0.2) is 34.5 Å². The molecule has 0 aromatic heterocycles. The van der Waals surface area contributed by atoms with Gasteiger partial charge in [-0.1, -0.05) is 20.8 Å². The Balaban J connectivity index is 2.96. The summed E-state index contributed by atoms with van der Waals surface area (Å²) in [6.07, 6.45) is -0.910. The van der Waals surface area contributed by atoms with E-state index in [1.165, 1.54) is 4.90 Å². The van der Waals surface area contributed by atoms with E-state index in [0.29, 0.717) is 6.61 Å². The van der Waals surface area contributed by atoms with E-state index < -0.39 is 11.8 Å². The Bertz CT molecular complexity index is 242. The van der Waals surface area contributed by atoms with Crippen LogP contribution in [0.15, 0.2) is 0 Å². The van der Waals surface area contributed by atoms with Crippen molar-refractivity contribution in [3.8, 4) is 0 Å². The van der Waals surface area contributed by atoms with E-state index in [9.17, 15) is 4.79 Å². The number of hydrogen-bond donors (Lipinski definition) is 1. The third-order valence-corrected chi connectivity index (χ3v) is 2.69. The minimum Gasteiger partial charge on any atom is -0.465 e. The first-order valence-corrected chi connectivity index (χ1v) is 4.82. The molecular weight excluding hydrogens is 182 g/mol. The normalized spacial score (nSPS) is 26.6. The molecule has 1 saturated heterocycles. The van der Waals surface area contributed by atoms with Gasteiger partial charge < -0.3 is 9.84 Å². The summed E-state index contributed by atoms with van der Waals surface area (Å²) in [6, 6.07) is -0.0741. The Morgan fingerprint density at radius 1 is 1.50 bits per heavy atom. The number of hydrogen-bond acceptors (Lipinski definition) is 2. The average Bonchev–Trinajstić information content (AvgIpc) is 2.23. The van der Waals surface area contributed by atoms with Crippen molar-refractivity contribution in [1.82, 2.24) is 4.90 Å². The summed E-state index contributed by atoms with van der Waals surface area (Å²) in [5.74, 6) is 0.